The molecule has 37 heavy (non-hydrogen) atoms. The Morgan fingerprint density at radius 2 is 1.78 bits per heavy atom. The van der Waals surface area contributed by atoms with Crippen LogP contribution in [0.3, 0.4) is 0 Å². The number of hydrogen-bond donors (Lipinski definition) is 1. The van der Waals surface area contributed by atoms with E-state index in [-0.39, 0.29) is 17.7 Å². The van der Waals surface area contributed by atoms with Crippen LogP contribution in [0.25, 0.3) is 0 Å². The lowest BCUT2D eigenvalue weighted by molar-refractivity contribution is -0.138. The number of methoxy groups -OCH3 is 1. The standard InChI is InChI=1S/C28H24ClN3O3S2/c1-31-16-22(18-9-11-19(29)12-10-18)28(27(31)21-5-3-4-6-23(21)30-24(27)33)25(34)32(26(36)37-28)15-17-7-13-20(35-2)14-8-17/h3-14,22H,15-16H2,1-2H3,(H,30,33). The minimum Gasteiger partial charge on any atom is -0.497 e. The van der Waals surface area contributed by atoms with Crippen LogP contribution in [-0.4, -0.2) is 51.4 Å². The number of amides is 2. The number of fused-ring (bicyclic) bond motifs is 3. The molecular formula is C28H24ClN3O3S2. The van der Waals surface area contributed by atoms with Crippen molar-refractivity contribution < 1.29 is 14.3 Å². The molecule has 3 heterocycles. The molecule has 2 fully saturated rings. The fourth-order valence-electron chi connectivity index (χ4n) is 6.12. The molecule has 6 rings (SSSR count). The summed E-state index contributed by atoms with van der Waals surface area (Å²) in [4.78, 5) is 32.4. The van der Waals surface area contributed by atoms with Crippen LogP contribution in [0, 0.1) is 0 Å². The second-order valence-corrected chi connectivity index (χ2v) is 11.9. The number of nitrogens with zero attached hydrogens (tertiary/aromatic N) is 2. The summed E-state index contributed by atoms with van der Waals surface area (Å²) in [6, 6.07) is 22.8. The van der Waals surface area contributed by atoms with E-state index < -0.39 is 10.3 Å². The van der Waals surface area contributed by atoms with Gasteiger partial charge in [-0.25, -0.2) is 0 Å². The number of anilines is 1. The zero-order chi connectivity index (χ0) is 25.9. The van der Waals surface area contributed by atoms with E-state index in [4.69, 9.17) is 28.6 Å². The number of carbonyl (C=O) groups excluding carboxylic acids is 2. The molecule has 2 saturated heterocycles. The molecule has 0 aliphatic carbocycles. The van der Waals surface area contributed by atoms with Gasteiger partial charge in [0.25, 0.3) is 5.91 Å². The Labute approximate surface area is 229 Å². The van der Waals surface area contributed by atoms with Gasteiger partial charge < -0.3 is 10.1 Å². The van der Waals surface area contributed by atoms with E-state index in [0.717, 1.165) is 28.1 Å². The molecule has 6 nitrogen and oxygen atoms in total. The molecule has 3 aromatic carbocycles. The highest BCUT2D eigenvalue weighted by atomic mass is 35.5. The van der Waals surface area contributed by atoms with E-state index in [0.29, 0.717) is 22.4 Å². The molecule has 3 unspecified atom stereocenters. The third-order valence-corrected chi connectivity index (χ3v) is 9.95. The minimum absolute atomic E-state index is 0.158. The van der Waals surface area contributed by atoms with Crippen LogP contribution in [0.4, 0.5) is 5.69 Å². The number of thiocarbonyl (C=S) groups is 1. The summed E-state index contributed by atoms with van der Waals surface area (Å²) in [5, 5.41) is 3.68. The van der Waals surface area contributed by atoms with Gasteiger partial charge in [0.05, 0.1) is 13.7 Å². The molecule has 0 bridgehead atoms. The Hall–Kier alpha value is -2.91. The van der Waals surface area contributed by atoms with Gasteiger partial charge in [-0.1, -0.05) is 78.0 Å². The number of carbonyl (C=O) groups is 2. The SMILES string of the molecule is COc1ccc(CN2C(=O)C3(SC2=S)C(c2ccc(Cl)cc2)CN(C)C32C(=O)Nc3ccccc32)cc1. The number of thioether (sulfide) groups is 1. The Morgan fingerprint density at radius 1 is 1.08 bits per heavy atom. The lowest BCUT2D eigenvalue weighted by Gasteiger charge is -2.41. The van der Waals surface area contributed by atoms with Crippen LogP contribution in [0.5, 0.6) is 5.75 Å². The first-order valence-corrected chi connectivity index (χ1v) is 13.5. The fourth-order valence-corrected chi connectivity index (χ4v) is 8.38. The van der Waals surface area contributed by atoms with E-state index in [2.05, 4.69) is 5.32 Å². The molecule has 0 radical (unpaired) electrons. The van der Waals surface area contributed by atoms with Crippen molar-refractivity contribution in [1.29, 1.82) is 0 Å². The van der Waals surface area contributed by atoms with E-state index >= 15 is 0 Å². The molecule has 1 N–H and O–H groups in total. The van der Waals surface area contributed by atoms with E-state index in [1.54, 1.807) is 12.0 Å². The van der Waals surface area contributed by atoms with Crippen LogP contribution in [0.2, 0.25) is 5.02 Å². The van der Waals surface area contributed by atoms with Gasteiger partial charge >= 0.3 is 0 Å². The van der Waals surface area contributed by atoms with Crippen LogP contribution < -0.4 is 10.1 Å². The summed E-state index contributed by atoms with van der Waals surface area (Å²) in [6.07, 6.45) is 0. The highest BCUT2D eigenvalue weighted by Gasteiger charge is 2.77. The quantitative estimate of drug-likeness (QED) is 0.461. The minimum atomic E-state index is -1.23. The Balaban J connectivity index is 1.52. The molecule has 188 valence electrons. The number of nitrogens with one attached hydrogen (secondary N) is 1. The maximum atomic E-state index is 14.7. The molecule has 3 aliphatic rings. The summed E-state index contributed by atoms with van der Waals surface area (Å²) in [6.45, 7) is 0.813. The molecule has 3 atom stereocenters. The third kappa shape index (κ3) is 3.32. The van der Waals surface area contributed by atoms with Gasteiger partial charge in [-0.2, -0.15) is 0 Å². The largest absolute Gasteiger partial charge is 0.497 e. The second kappa shape index (κ2) is 8.84. The Morgan fingerprint density at radius 3 is 2.49 bits per heavy atom. The molecule has 0 aromatic heterocycles. The summed E-state index contributed by atoms with van der Waals surface area (Å²) >= 11 is 13.4. The summed E-state index contributed by atoms with van der Waals surface area (Å²) in [5.74, 6) is 0.0726. The van der Waals surface area contributed by atoms with Crippen molar-refractivity contribution in [3.05, 3.63) is 94.5 Å². The van der Waals surface area contributed by atoms with Crippen LogP contribution >= 0.6 is 35.6 Å². The first-order valence-electron chi connectivity index (χ1n) is 11.9. The van der Waals surface area contributed by atoms with Crippen LogP contribution in [0.15, 0.2) is 72.8 Å². The number of likely N-dealkylation sites (N-methyl/N-ethyl adjacent to an activating group) is 1. The van der Waals surface area contributed by atoms with Gasteiger partial charge in [-0.15, -0.1) is 0 Å². The van der Waals surface area contributed by atoms with Gasteiger partial charge in [-0.3, -0.25) is 19.4 Å². The van der Waals surface area contributed by atoms with Gasteiger partial charge in [0, 0.05) is 28.7 Å². The maximum absolute atomic E-state index is 14.7. The lowest BCUT2D eigenvalue weighted by Crippen LogP contribution is -2.61. The number of para-hydroxylation sites is 1. The van der Waals surface area contributed by atoms with E-state index in [1.165, 1.54) is 11.8 Å². The summed E-state index contributed by atoms with van der Waals surface area (Å²) in [5.41, 5.74) is 2.17. The molecule has 9 heteroatoms. The molecule has 2 spiro atoms. The average Bonchev–Trinajstić information content (AvgIpc) is 3.45. The average molecular weight is 550 g/mol. The third-order valence-electron chi connectivity index (χ3n) is 7.75. The normalized spacial score (nSPS) is 26.8. The zero-order valence-electron chi connectivity index (χ0n) is 20.2. The first kappa shape index (κ1) is 24.4. The number of halogens is 1. The van der Waals surface area contributed by atoms with Gasteiger partial charge in [-0.05, 0) is 48.5 Å². The highest BCUT2D eigenvalue weighted by Crippen LogP contribution is 2.65. The zero-order valence-corrected chi connectivity index (χ0v) is 22.6. The number of rotatable bonds is 4. The number of likely N-dealkylation sites (tertiary alicyclic amines) is 1. The molecule has 0 saturated carbocycles. The van der Waals surface area contributed by atoms with Crippen molar-refractivity contribution in [3.63, 3.8) is 0 Å². The second-order valence-electron chi connectivity index (χ2n) is 9.54. The summed E-state index contributed by atoms with van der Waals surface area (Å²) < 4.78 is 4.55. The molecule has 3 aromatic rings. The fraction of sp³-hybridized carbons (Fsp3) is 0.250. The van der Waals surface area contributed by atoms with Gasteiger partial charge in [0.15, 0.2) is 5.54 Å². The van der Waals surface area contributed by atoms with Crippen LogP contribution in [0.1, 0.15) is 22.6 Å². The van der Waals surface area contributed by atoms with Crippen LogP contribution in [-0.2, 0) is 21.7 Å². The topological polar surface area (TPSA) is 61.9 Å². The first-order chi connectivity index (χ1) is 17.8. The van der Waals surface area contributed by atoms with E-state index in [1.807, 2.05) is 84.7 Å². The molecule has 2 amide bonds. The van der Waals surface area contributed by atoms with Crippen molar-refractivity contribution in [2.24, 2.45) is 0 Å². The number of ether oxygens (including phenoxy) is 1. The summed E-state index contributed by atoms with van der Waals surface area (Å²) in [7, 11) is 3.54. The van der Waals surface area contributed by atoms with Crippen molar-refractivity contribution in [3.8, 4) is 5.75 Å². The van der Waals surface area contributed by atoms with Gasteiger partial charge in [0.1, 0.15) is 14.8 Å². The smallest absolute Gasteiger partial charge is 0.251 e. The van der Waals surface area contributed by atoms with Crippen molar-refractivity contribution in [2.45, 2.75) is 22.7 Å². The predicted octanol–water partition coefficient (Wildman–Crippen LogP) is 5.02. The number of hydrogen-bond acceptors (Lipinski definition) is 6. The van der Waals surface area contributed by atoms with E-state index in [9.17, 15) is 9.59 Å². The van der Waals surface area contributed by atoms with Crippen molar-refractivity contribution in [2.75, 3.05) is 26.0 Å². The van der Waals surface area contributed by atoms with Gasteiger partial charge in [0.2, 0.25) is 5.91 Å². The highest BCUT2D eigenvalue weighted by molar-refractivity contribution is 8.25. The maximum Gasteiger partial charge on any atom is 0.251 e. The predicted molar refractivity (Wildman–Crippen MR) is 150 cm³/mol. The molecular weight excluding hydrogens is 526 g/mol. The van der Waals surface area contributed by atoms with Crippen molar-refractivity contribution in [1.82, 2.24) is 9.80 Å². The number of benzene rings is 3. The lowest BCUT2D eigenvalue weighted by atomic mass is 9.72. The Bertz CT molecular complexity index is 1430. The Kier molecular flexibility index (Phi) is 5.84. The molecule has 3 aliphatic heterocycles. The monoisotopic (exact) mass is 549 g/mol. The van der Waals surface area contributed by atoms with Crippen molar-refractivity contribution >= 4 is 57.4 Å².